The number of hydrogen-bond donors (Lipinski definition) is 0. The second-order valence-electron chi connectivity index (χ2n) is 2.90. The Kier molecular flexibility index (Phi) is 3.12. The molecule has 0 unspecified atom stereocenters. The Bertz CT molecular complexity index is 91.6. The maximum Gasteiger partial charge on any atom is -0.000653 e. The topological polar surface area (TPSA) is 29.5 Å². The highest BCUT2D eigenvalue weighted by molar-refractivity contribution is 4.68. The normalized spacial score (nSPS) is 19.5. The summed E-state index contributed by atoms with van der Waals surface area (Å²) in [6.07, 6.45) is 2.35. The Morgan fingerprint density at radius 3 is 2.60 bits per heavy atom. The third-order valence-corrected chi connectivity index (χ3v) is 1.90. The van der Waals surface area contributed by atoms with Crippen molar-refractivity contribution in [2.24, 2.45) is 0 Å². The molecule has 3 heteroatoms. The zero-order chi connectivity index (χ0) is 7.40. The second kappa shape index (κ2) is 3.91. The van der Waals surface area contributed by atoms with Crippen LogP contribution < -0.4 is 0 Å². The highest BCUT2D eigenvalue weighted by Gasteiger charge is 2.11. The lowest BCUT2D eigenvalue weighted by Gasteiger charge is -2.32. The lowest BCUT2D eigenvalue weighted by molar-refractivity contribution is 0.174. The van der Waals surface area contributed by atoms with E-state index >= 15 is 0 Å². The van der Waals surface area contributed by atoms with Gasteiger partial charge in [-0.1, -0.05) is 0 Å². The molecular weight excluding hydrogens is 128 g/mol. The summed E-state index contributed by atoms with van der Waals surface area (Å²) in [6.45, 7) is 4.26. The first-order valence-electron chi connectivity index (χ1n) is 3.89. The average Bonchev–Trinajstić information content (AvgIpc) is 1.75. The minimum atomic E-state index is 0.677. The van der Waals surface area contributed by atoms with Crippen LogP contribution in [0.5, 0.6) is 0 Å². The molecule has 0 N–H and O–H groups in total. The van der Waals surface area contributed by atoms with Crippen molar-refractivity contribution < 1.29 is 0 Å². The van der Waals surface area contributed by atoms with Gasteiger partial charge in [-0.05, 0) is 46.1 Å². The summed E-state index contributed by atoms with van der Waals surface area (Å²) in [5, 5.41) is 11.4. The van der Waals surface area contributed by atoms with Gasteiger partial charge in [-0.2, -0.15) is 0 Å². The smallest absolute Gasteiger partial charge is 0.000653 e. The van der Waals surface area contributed by atoms with E-state index in [4.69, 9.17) is 0 Å². The van der Waals surface area contributed by atoms with Crippen LogP contribution in [0.3, 0.4) is 0 Å². The summed E-state index contributed by atoms with van der Waals surface area (Å²) < 4.78 is 0. The fraction of sp³-hybridized carbons (Fsp3) is 1.00. The zero-order valence-electron chi connectivity index (χ0n) is 6.55. The predicted molar refractivity (Wildman–Crippen MR) is 41.7 cm³/mol. The molecule has 1 fully saturated rings. The molecule has 0 atom stereocenters. The second-order valence-corrected chi connectivity index (χ2v) is 2.90. The Morgan fingerprint density at radius 1 is 1.50 bits per heavy atom. The first-order chi connectivity index (χ1) is 4.79. The molecular formula is C7H15N2O-. The van der Waals surface area contributed by atoms with Gasteiger partial charge in [-0.3, -0.25) is 0 Å². The van der Waals surface area contributed by atoms with Gasteiger partial charge in [-0.25, -0.2) is 0 Å². The van der Waals surface area contributed by atoms with Crippen molar-refractivity contribution in [2.45, 2.75) is 12.8 Å². The molecule has 0 saturated carbocycles. The molecule has 0 radical (unpaired) electrons. The fourth-order valence-electron chi connectivity index (χ4n) is 1.12. The van der Waals surface area contributed by atoms with Crippen LogP contribution in [0.15, 0.2) is 0 Å². The van der Waals surface area contributed by atoms with Gasteiger partial charge >= 0.3 is 0 Å². The molecule has 0 aliphatic carbocycles. The summed E-state index contributed by atoms with van der Waals surface area (Å²) >= 11 is 0. The lowest BCUT2D eigenvalue weighted by Crippen LogP contribution is -2.38. The van der Waals surface area contributed by atoms with Crippen molar-refractivity contribution in [3.63, 3.8) is 0 Å². The number of likely N-dealkylation sites (tertiary alicyclic amines) is 1. The van der Waals surface area contributed by atoms with Crippen molar-refractivity contribution >= 4 is 0 Å². The van der Waals surface area contributed by atoms with Gasteiger partial charge in [0.25, 0.3) is 0 Å². The fourth-order valence-corrected chi connectivity index (χ4v) is 1.12. The number of hydrogen-bond acceptors (Lipinski definition) is 3. The SMILES string of the molecule is CN([O-])CCCN1CCC1. The van der Waals surface area contributed by atoms with Gasteiger partial charge in [0.05, 0.1) is 0 Å². The molecule has 60 valence electrons. The first-order valence-corrected chi connectivity index (χ1v) is 3.89. The molecule has 1 heterocycles. The molecule has 0 aromatic heterocycles. The van der Waals surface area contributed by atoms with Crippen molar-refractivity contribution in [1.29, 1.82) is 0 Å². The van der Waals surface area contributed by atoms with E-state index in [1.54, 1.807) is 7.05 Å². The molecule has 0 bridgehead atoms. The van der Waals surface area contributed by atoms with Gasteiger partial charge in [0.2, 0.25) is 0 Å². The first kappa shape index (κ1) is 7.98. The lowest BCUT2D eigenvalue weighted by atomic mass is 10.2. The average molecular weight is 143 g/mol. The van der Waals surface area contributed by atoms with Crippen LogP contribution in [0.4, 0.5) is 0 Å². The van der Waals surface area contributed by atoms with E-state index in [-0.39, 0.29) is 0 Å². The van der Waals surface area contributed by atoms with Crippen LogP contribution in [0, 0.1) is 5.21 Å². The van der Waals surface area contributed by atoms with E-state index in [9.17, 15) is 5.21 Å². The molecule has 3 nitrogen and oxygen atoms in total. The summed E-state index contributed by atoms with van der Waals surface area (Å²) in [4.78, 5) is 2.38. The largest absolute Gasteiger partial charge is 0.785 e. The zero-order valence-corrected chi connectivity index (χ0v) is 6.55. The standard InChI is InChI=1S/C7H15N2O/c1-8(10)4-2-5-9-6-3-7-9/h2-7H2,1H3/q-1. The van der Waals surface area contributed by atoms with E-state index in [0.717, 1.165) is 18.0 Å². The van der Waals surface area contributed by atoms with E-state index in [2.05, 4.69) is 4.90 Å². The number of rotatable bonds is 4. The minimum Gasteiger partial charge on any atom is -0.785 e. The van der Waals surface area contributed by atoms with Crippen molar-refractivity contribution in [2.75, 3.05) is 33.2 Å². The third kappa shape index (κ3) is 2.64. The summed E-state index contributed by atoms with van der Waals surface area (Å²) in [7, 11) is 1.58. The molecule has 0 spiro atoms. The Labute approximate surface area is 62.2 Å². The van der Waals surface area contributed by atoms with Crippen LogP contribution in [-0.2, 0) is 0 Å². The monoisotopic (exact) mass is 143 g/mol. The molecule has 10 heavy (non-hydrogen) atoms. The highest BCUT2D eigenvalue weighted by Crippen LogP contribution is 2.05. The number of nitrogens with zero attached hydrogens (tertiary/aromatic N) is 2. The summed E-state index contributed by atoms with van der Waals surface area (Å²) in [5.74, 6) is 0. The van der Waals surface area contributed by atoms with Gasteiger partial charge < -0.3 is 15.2 Å². The van der Waals surface area contributed by atoms with Gasteiger partial charge in [0, 0.05) is 0 Å². The van der Waals surface area contributed by atoms with E-state index in [1.165, 1.54) is 19.5 Å². The Balaban J connectivity index is 1.85. The molecule has 1 aliphatic heterocycles. The number of hydroxylamine groups is 2. The third-order valence-electron chi connectivity index (χ3n) is 1.90. The maximum absolute atomic E-state index is 10.4. The van der Waals surface area contributed by atoms with Crippen LogP contribution >= 0.6 is 0 Å². The molecule has 0 aromatic rings. The van der Waals surface area contributed by atoms with E-state index in [0.29, 0.717) is 6.54 Å². The Hall–Kier alpha value is -0.120. The van der Waals surface area contributed by atoms with E-state index < -0.39 is 0 Å². The molecule has 0 amide bonds. The predicted octanol–water partition coefficient (Wildman–Crippen LogP) is 0.512. The minimum absolute atomic E-state index is 0.677. The van der Waals surface area contributed by atoms with Gasteiger partial charge in [0.15, 0.2) is 0 Å². The summed E-state index contributed by atoms with van der Waals surface area (Å²) in [5.41, 5.74) is 0. The molecule has 1 saturated heterocycles. The van der Waals surface area contributed by atoms with Crippen molar-refractivity contribution in [1.82, 2.24) is 9.96 Å². The quantitative estimate of drug-likeness (QED) is 0.537. The van der Waals surface area contributed by atoms with Crippen LogP contribution in [0.25, 0.3) is 0 Å². The van der Waals surface area contributed by atoms with Crippen LogP contribution in [-0.4, -0.2) is 43.2 Å². The van der Waals surface area contributed by atoms with Gasteiger partial charge in [-0.15, -0.1) is 0 Å². The molecule has 1 aliphatic rings. The van der Waals surface area contributed by atoms with Crippen LogP contribution in [0.1, 0.15) is 12.8 Å². The molecule has 0 aromatic carbocycles. The van der Waals surface area contributed by atoms with Crippen LogP contribution in [0.2, 0.25) is 0 Å². The van der Waals surface area contributed by atoms with Gasteiger partial charge in [0.1, 0.15) is 0 Å². The van der Waals surface area contributed by atoms with Crippen molar-refractivity contribution in [3.05, 3.63) is 5.21 Å². The Morgan fingerprint density at radius 2 is 2.20 bits per heavy atom. The van der Waals surface area contributed by atoms with Crippen molar-refractivity contribution in [3.8, 4) is 0 Å². The summed E-state index contributed by atoms with van der Waals surface area (Å²) in [6, 6.07) is 0. The van der Waals surface area contributed by atoms with E-state index in [1.807, 2.05) is 0 Å². The maximum atomic E-state index is 10.4. The highest BCUT2D eigenvalue weighted by atomic mass is 16.5. The molecule has 1 rings (SSSR count).